The van der Waals surface area contributed by atoms with Gasteiger partial charge in [-0.25, -0.2) is 4.98 Å². The lowest BCUT2D eigenvalue weighted by atomic mass is 9.85. The molecule has 2 aromatic heterocycles. The van der Waals surface area contributed by atoms with Crippen LogP contribution in [-0.4, -0.2) is 23.0 Å². The number of rotatable bonds is 4. The first-order chi connectivity index (χ1) is 8.29. The molecule has 0 aliphatic heterocycles. The number of nitrogens with two attached hydrogens (primary N) is 1. The van der Waals surface area contributed by atoms with E-state index in [9.17, 15) is 0 Å². The predicted octanol–water partition coefficient (Wildman–Crippen LogP) is 2.09. The van der Waals surface area contributed by atoms with Gasteiger partial charge in [-0.3, -0.25) is 4.40 Å². The first-order valence-corrected chi connectivity index (χ1v) is 7.03. The van der Waals surface area contributed by atoms with Crippen molar-refractivity contribution in [3.8, 4) is 0 Å². The maximum absolute atomic E-state index is 5.85. The molecule has 0 bridgehead atoms. The normalized spacial score (nSPS) is 16.4. The van der Waals surface area contributed by atoms with Crippen LogP contribution in [0.3, 0.4) is 0 Å². The summed E-state index contributed by atoms with van der Waals surface area (Å²) < 4.78 is 2.11. The first kappa shape index (κ1) is 11.0. The molecular formula is C12H18N4S. The van der Waals surface area contributed by atoms with Gasteiger partial charge >= 0.3 is 0 Å². The highest BCUT2D eigenvalue weighted by atomic mass is 32.1. The van der Waals surface area contributed by atoms with E-state index in [0.717, 1.165) is 28.9 Å². The van der Waals surface area contributed by atoms with Gasteiger partial charge in [0.1, 0.15) is 0 Å². The Bertz CT molecular complexity index is 512. The van der Waals surface area contributed by atoms with Gasteiger partial charge in [0.2, 0.25) is 0 Å². The van der Waals surface area contributed by atoms with Crippen LogP contribution in [0.2, 0.25) is 0 Å². The summed E-state index contributed by atoms with van der Waals surface area (Å²) in [5.74, 6) is 1.91. The third kappa shape index (κ3) is 1.83. The van der Waals surface area contributed by atoms with Gasteiger partial charge < -0.3 is 10.6 Å². The molecule has 4 nitrogen and oxygen atoms in total. The molecule has 0 spiro atoms. The molecule has 2 N–H and O–H groups in total. The summed E-state index contributed by atoms with van der Waals surface area (Å²) in [6.45, 7) is 1.65. The van der Waals surface area contributed by atoms with E-state index < -0.39 is 0 Å². The zero-order chi connectivity index (χ0) is 11.8. The van der Waals surface area contributed by atoms with Gasteiger partial charge in [0, 0.05) is 31.7 Å². The smallest absolute Gasteiger partial charge is 0.195 e. The fourth-order valence-electron chi connectivity index (χ4n) is 2.47. The number of aromatic nitrogens is 2. The van der Waals surface area contributed by atoms with E-state index in [-0.39, 0.29) is 0 Å². The minimum absolute atomic E-state index is 0.544. The van der Waals surface area contributed by atoms with E-state index in [0.29, 0.717) is 6.54 Å². The van der Waals surface area contributed by atoms with Crippen LogP contribution in [0.4, 0.5) is 5.82 Å². The molecule has 0 unspecified atom stereocenters. The van der Waals surface area contributed by atoms with Crippen LogP contribution in [0.1, 0.15) is 25.0 Å². The number of hydrogen-bond donors (Lipinski definition) is 1. The molecule has 0 atom stereocenters. The quantitative estimate of drug-likeness (QED) is 0.904. The molecule has 0 saturated heterocycles. The predicted molar refractivity (Wildman–Crippen MR) is 71.6 cm³/mol. The number of nitrogens with zero attached hydrogens (tertiary/aromatic N) is 3. The number of thiazole rings is 1. The van der Waals surface area contributed by atoms with Gasteiger partial charge in [0.15, 0.2) is 10.8 Å². The molecule has 2 heterocycles. The lowest BCUT2D eigenvalue weighted by Gasteiger charge is -2.30. The van der Waals surface area contributed by atoms with Gasteiger partial charge in [0.25, 0.3) is 0 Å². The fourth-order valence-corrected chi connectivity index (χ4v) is 3.19. The number of imidazole rings is 1. The molecule has 5 heteroatoms. The summed E-state index contributed by atoms with van der Waals surface area (Å²) in [7, 11) is 2.13. The second kappa shape index (κ2) is 4.31. The number of hydrogen-bond acceptors (Lipinski definition) is 4. The zero-order valence-corrected chi connectivity index (χ0v) is 10.9. The largest absolute Gasteiger partial charge is 0.358 e. The van der Waals surface area contributed by atoms with E-state index in [1.165, 1.54) is 19.3 Å². The minimum Gasteiger partial charge on any atom is -0.358 e. The summed E-state index contributed by atoms with van der Waals surface area (Å²) in [6.07, 6.45) is 6.17. The second-order valence-corrected chi connectivity index (χ2v) is 5.69. The highest BCUT2D eigenvalue weighted by Crippen LogP contribution is 2.30. The molecule has 2 aromatic rings. The topological polar surface area (TPSA) is 46.6 Å². The van der Waals surface area contributed by atoms with Crippen molar-refractivity contribution in [1.82, 2.24) is 9.38 Å². The number of fused-ring (bicyclic) bond motifs is 1. The van der Waals surface area contributed by atoms with Crippen molar-refractivity contribution in [3.05, 3.63) is 17.3 Å². The Morgan fingerprint density at radius 2 is 2.41 bits per heavy atom. The SMILES string of the molecule is CN(CC1CCC1)c1nc2sccn2c1CN. The summed E-state index contributed by atoms with van der Waals surface area (Å²) >= 11 is 1.66. The standard InChI is InChI=1S/C12H18N4S/c1-15(8-9-3-2-4-9)11-10(7-13)16-5-6-17-12(16)14-11/h5-6,9H,2-4,7-8,13H2,1H3. The van der Waals surface area contributed by atoms with Crippen LogP contribution in [0, 0.1) is 5.92 Å². The van der Waals surface area contributed by atoms with E-state index in [1.807, 2.05) is 0 Å². The summed E-state index contributed by atoms with van der Waals surface area (Å²) in [5.41, 5.74) is 6.98. The van der Waals surface area contributed by atoms with Gasteiger partial charge in [-0.05, 0) is 18.8 Å². The van der Waals surface area contributed by atoms with E-state index in [2.05, 4.69) is 32.9 Å². The molecule has 1 fully saturated rings. The molecular weight excluding hydrogens is 232 g/mol. The second-order valence-electron chi connectivity index (χ2n) is 4.82. The zero-order valence-electron chi connectivity index (χ0n) is 10.1. The average molecular weight is 250 g/mol. The summed E-state index contributed by atoms with van der Waals surface area (Å²) in [6, 6.07) is 0. The molecule has 3 rings (SSSR count). The fraction of sp³-hybridized carbons (Fsp3) is 0.583. The van der Waals surface area contributed by atoms with Crippen molar-refractivity contribution in [2.45, 2.75) is 25.8 Å². The number of anilines is 1. The molecule has 0 radical (unpaired) electrons. The van der Waals surface area contributed by atoms with Crippen molar-refractivity contribution in [1.29, 1.82) is 0 Å². The van der Waals surface area contributed by atoms with Crippen molar-refractivity contribution in [2.75, 3.05) is 18.5 Å². The molecule has 1 saturated carbocycles. The Morgan fingerprint density at radius 3 is 3.06 bits per heavy atom. The Morgan fingerprint density at radius 1 is 1.59 bits per heavy atom. The third-order valence-electron chi connectivity index (χ3n) is 3.65. The maximum atomic E-state index is 5.85. The van der Waals surface area contributed by atoms with Gasteiger partial charge in [-0.15, -0.1) is 11.3 Å². The van der Waals surface area contributed by atoms with Crippen molar-refractivity contribution < 1.29 is 0 Å². The summed E-state index contributed by atoms with van der Waals surface area (Å²) in [4.78, 5) is 7.99. The highest BCUT2D eigenvalue weighted by Gasteiger charge is 2.22. The van der Waals surface area contributed by atoms with Crippen molar-refractivity contribution >= 4 is 22.1 Å². The third-order valence-corrected chi connectivity index (χ3v) is 4.41. The van der Waals surface area contributed by atoms with Gasteiger partial charge in [-0.1, -0.05) is 6.42 Å². The maximum Gasteiger partial charge on any atom is 0.195 e. The Labute approximate surface area is 105 Å². The monoisotopic (exact) mass is 250 g/mol. The highest BCUT2D eigenvalue weighted by molar-refractivity contribution is 7.15. The van der Waals surface area contributed by atoms with Crippen LogP contribution in [0.15, 0.2) is 11.6 Å². The minimum atomic E-state index is 0.544. The van der Waals surface area contributed by atoms with E-state index in [4.69, 9.17) is 5.73 Å². The van der Waals surface area contributed by atoms with Crippen molar-refractivity contribution in [2.24, 2.45) is 11.7 Å². The molecule has 1 aliphatic carbocycles. The Balaban J connectivity index is 1.89. The molecule has 92 valence electrons. The van der Waals surface area contributed by atoms with E-state index >= 15 is 0 Å². The lowest BCUT2D eigenvalue weighted by molar-refractivity contribution is 0.321. The van der Waals surface area contributed by atoms with Gasteiger partial charge in [-0.2, -0.15) is 0 Å². The van der Waals surface area contributed by atoms with Gasteiger partial charge in [0.05, 0.1) is 5.69 Å². The van der Waals surface area contributed by atoms with Crippen LogP contribution in [0.5, 0.6) is 0 Å². The average Bonchev–Trinajstić information content (AvgIpc) is 2.81. The molecule has 1 aliphatic rings. The Hall–Kier alpha value is -1.07. The summed E-state index contributed by atoms with van der Waals surface area (Å²) in [5, 5.41) is 2.05. The lowest BCUT2D eigenvalue weighted by Crippen LogP contribution is -2.30. The van der Waals surface area contributed by atoms with Crippen LogP contribution in [-0.2, 0) is 6.54 Å². The first-order valence-electron chi connectivity index (χ1n) is 6.15. The molecule has 0 amide bonds. The Kier molecular flexibility index (Phi) is 2.80. The van der Waals surface area contributed by atoms with E-state index in [1.54, 1.807) is 11.3 Å². The molecule has 0 aromatic carbocycles. The van der Waals surface area contributed by atoms with Crippen LogP contribution < -0.4 is 10.6 Å². The van der Waals surface area contributed by atoms with Crippen LogP contribution in [0.25, 0.3) is 4.96 Å². The molecule has 17 heavy (non-hydrogen) atoms. The van der Waals surface area contributed by atoms with Crippen LogP contribution >= 0.6 is 11.3 Å². The van der Waals surface area contributed by atoms with Crippen molar-refractivity contribution in [3.63, 3.8) is 0 Å².